The molecule has 1 spiro atoms. The van der Waals surface area contributed by atoms with E-state index in [-0.39, 0.29) is 17.2 Å². The lowest BCUT2D eigenvalue weighted by Crippen LogP contribution is -2.48. The fraction of sp³-hybridized carbons (Fsp3) is 0.846. The zero-order valence-corrected chi connectivity index (χ0v) is 11.8. The normalized spacial score (nSPS) is 27.9. The highest BCUT2D eigenvalue weighted by Crippen LogP contribution is 2.38. The molecule has 3 heterocycles. The summed E-state index contributed by atoms with van der Waals surface area (Å²) in [6.45, 7) is 5.23. The van der Waals surface area contributed by atoms with Crippen molar-refractivity contribution in [1.82, 2.24) is 25.5 Å². The van der Waals surface area contributed by atoms with E-state index in [1.165, 1.54) is 0 Å². The molecule has 0 bridgehead atoms. The first-order valence-corrected chi connectivity index (χ1v) is 7.34. The van der Waals surface area contributed by atoms with Gasteiger partial charge in [0.2, 0.25) is 5.91 Å². The molecule has 2 unspecified atom stereocenters. The predicted octanol–water partition coefficient (Wildman–Crippen LogP) is 0.722. The second-order valence-corrected chi connectivity index (χ2v) is 5.90. The van der Waals surface area contributed by atoms with Crippen LogP contribution in [-0.4, -0.2) is 57.7 Å². The van der Waals surface area contributed by atoms with Crippen molar-refractivity contribution < 1.29 is 9.53 Å². The summed E-state index contributed by atoms with van der Waals surface area (Å²) >= 11 is 0. The van der Waals surface area contributed by atoms with Crippen molar-refractivity contribution in [3.63, 3.8) is 0 Å². The number of aromatic nitrogens is 4. The van der Waals surface area contributed by atoms with E-state index in [4.69, 9.17) is 4.74 Å². The molecule has 2 aliphatic heterocycles. The summed E-state index contributed by atoms with van der Waals surface area (Å²) in [6, 6.07) is 0. The average Bonchev–Trinajstić information content (AvgIpc) is 3.12. The van der Waals surface area contributed by atoms with Crippen LogP contribution < -0.4 is 0 Å². The van der Waals surface area contributed by atoms with Gasteiger partial charge in [0.1, 0.15) is 5.92 Å². The maximum absolute atomic E-state index is 12.7. The number of likely N-dealkylation sites (tertiary alicyclic amines) is 1. The lowest BCUT2D eigenvalue weighted by Gasteiger charge is -2.40. The SMILES string of the molecule is CCC(C(=O)N1CCCC2(CCOC2)C1)c1nn[nH]n1. The second-order valence-electron chi connectivity index (χ2n) is 5.90. The van der Waals surface area contributed by atoms with E-state index in [0.717, 1.165) is 45.6 Å². The number of carbonyl (C=O) groups is 1. The van der Waals surface area contributed by atoms with Crippen LogP contribution >= 0.6 is 0 Å². The molecule has 20 heavy (non-hydrogen) atoms. The highest BCUT2D eigenvalue weighted by molar-refractivity contribution is 5.82. The highest BCUT2D eigenvalue weighted by Gasteiger charge is 2.41. The van der Waals surface area contributed by atoms with E-state index < -0.39 is 0 Å². The average molecular weight is 279 g/mol. The van der Waals surface area contributed by atoms with Crippen molar-refractivity contribution >= 4 is 5.91 Å². The van der Waals surface area contributed by atoms with Crippen LogP contribution in [0.3, 0.4) is 0 Å². The van der Waals surface area contributed by atoms with Crippen LogP contribution in [0, 0.1) is 5.41 Å². The number of ether oxygens (including phenoxy) is 1. The summed E-state index contributed by atoms with van der Waals surface area (Å²) in [5.74, 6) is 0.339. The summed E-state index contributed by atoms with van der Waals surface area (Å²) in [4.78, 5) is 14.7. The topological polar surface area (TPSA) is 84.0 Å². The number of hydrogen-bond donors (Lipinski definition) is 1. The maximum atomic E-state index is 12.7. The molecule has 7 heteroatoms. The molecule has 0 radical (unpaired) electrons. The molecule has 1 aromatic rings. The Kier molecular flexibility index (Phi) is 3.69. The monoisotopic (exact) mass is 279 g/mol. The van der Waals surface area contributed by atoms with Crippen molar-refractivity contribution in [3.05, 3.63) is 5.82 Å². The van der Waals surface area contributed by atoms with Crippen LogP contribution in [0.25, 0.3) is 0 Å². The standard InChI is InChI=1S/C13H21N5O2/c1-2-10(11-14-16-17-15-11)12(19)18-6-3-4-13(8-18)5-7-20-9-13/h10H,2-9H2,1H3,(H,14,15,16,17). The zero-order chi connectivity index (χ0) is 14.0. The van der Waals surface area contributed by atoms with Gasteiger partial charge in [-0.1, -0.05) is 12.1 Å². The molecule has 0 aliphatic carbocycles. The van der Waals surface area contributed by atoms with Crippen LogP contribution in [0.15, 0.2) is 0 Å². The van der Waals surface area contributed by atoms with Gasteiger partial charge in [-0.15, -0.1) is 10.2 Å². The fourth-order valence-electron chi connectivity index (χ4n) is 3.37. The number of amides is 1. The van der Waals surface area contributed by atoms with Gasteiger partial charge in [0.15, 0.2) is 5.82 Å². The molecule has 1 amide bonds. The van der Waals surface area contributed by atoms with E-state index in [1.807, 2.05) is 11.8 Å². The number of hydrogen-bond acceptors (Lipinski definition) is 5. The third kappa shape index (κ3) is 2.42. The van der Waals surface area contributed by atoms with Gasteiger partial charge in [-0.3, -0.25) is 4.79 Å². The summed E-state index contributed by atoms with van der Waals surface area (Å²) in [7, 11) is 0. The minimum absolute atomic E-state index is 0.125. The van der Waals surface area contributed by atoms with Crippen molar-refractivity contribution in [2.45, 2.75) is 38.5 Å². The number of aromatic amines is 1. The molecule has 2 aliphatic rings. The Morgan fingerprint density at radius 3 is 3.10 bits per heavy atom. The molecule has 0 saturated carbocycles. The molecular weight excluding hydrogens is 258 g/mol. The molecule has 2 saturated heterocycles. The Morgan fingerprint density at radius 1 is 1.55 bits per heavy atom. The molecule has 2 fully saturated rings. The first-order valence-electron chi connectivity index (χ1n) is 7.34. The maximum Gasteiger partial charge on any atom is 0.233 e. The van der Waals surface area contributed by atoms with Crippen LogP contribution in [-0.2, 0) is 9.53 Å². The largest absolute Gasteiger partial charge is 0.381 e. The third-order valence-corrected chi connectivity index (χ3v) is 4.54. The molecule has 110 valence electrons. The summed E-state index contributed by atoms with van der Waals surface area (Å²) in [6.07, 6.45) is 3.97. The van der Waals surface area contributed by atoms with Crippen LogP contribution in [0.5, 0.6) is 0 Å². The Morgan fingerprint density at radius 2 is 2.45 bits per heavy atom. The van der Waals surface area contributed by atoms with Crippen molar-refractivity contribution in [2.24, 2.45) is 5.41 Å². The first-order chi connectivity index (χ1) is 9.74. The number of tetrazole rings is 1. The van der Waals surface area contributed by atoms with Crippen molar-refractivity contribution in [3.8, 4) is 0 Å². The lowest BCUT2D eigenvalue weighted by molar-refractivity contribution is -0.136. The van der Waals surface area contributed by atoms with Gasteiger partial charge in [0.25, 0.3) is 0 Å². The number of nitrogens with zero attached hydrogens (tertiary/aromatic N) is 4. The predicted molar refractivity (Wildman–Crippen MR) is 70.9 cm³/mol. The Balaban J connectivity index is 1.72. The van der Waals surface area contributed by atoms with Crippen LogP contribution in [0.2, 0.25) is 0 Å². The summed E-state index contributed by atoms with van der Waals surface area (Å²) < 4.78 is 5.55. The van der Waals surface area contributed by atoms with Crippen molar-refractivity contribution in [1.29, 1.82) is 0 Å². The number of rotatable bonds is 3. The van der Waals surface area contributed by atoms with Gasteiger partial charge >= 0.3 is 0 Å². The number of piperidine rings is 1. The molecule has 0 aromatic carbocycles. The Bertz CT molecular complexity index is 455. The number of nitrogens with one attached hydrogen (secondary N) is 1. The van der Waals surface area contributed by atoms with Crippen molar-refractivity contribution in [2.75, 3.05) is 26.3 Å². The highest BCUT2D eigenvalue weighted by atomic mass is 16.5. The zero-order valence-electron chi connectivity index (χ0n) is 11.8. The lowest BCUT2D eigenvalue weighted by atomic mass is 9.79. The van der Waals surface area contributed by atoms with Gasteiger partial charge in [0, 0.05) is 25.1 Å². The minimum Gasteiger partial charge on any atom is -0.381 e. The summed E-state index contributed by atoms with van der Waals surface area (Å²) in [5.41, 5.74) is 0.184. The molecule has 2 atom stereocenters. The molecule has 7 nitrogen and oxygen atoms in total. The Hall–Kier alpha value is -1.50. The smallest absolute Gasteiger partial charge is 0.233 e. The molecule has 3 rings (SSSR count). The van der Waals surface area contributed by atoms with Gasteiger partial charge in [-0.05, 0) is 25.7 Å². The Labute approximate surface area is 118 Å². The van der Waals surface area contributed by atoms with Gasteiger partial charge in [0.05, 0.1) is 6.61 Å². The van der Waals surface area contributed by atoms with E-state index in [1.54, 1.807) is 0 Å². The van der Waals surface area contributed by atoms with Gasteiger partial charge < -0.3 is 9.64 Å². The number of H-pyrrole nitrogens is 1. The first kappa shape index (κ1) is 13.5. The van der Waals surface area contributed by atoms with Crippen LogP contribution in [0.1, 0.15) is 44.3 Å². The van der Waals surface area contributed by atoms with E-state index in [2.05, 4.69) is 20.6 Å². The summed E-state index contributed by atoms with van der Waals surface area (Å²) in [5, 5.41) is 13.9. The molecule has 1 N–H and O–H groups in total. The van der Waals surface area contributed by atoms with E-state index >= 15 is 0 Å². The van der Waals surface area contributed by atoms with Gasteiger partial charge in [-0.2, -0.15) is 5.21 Å². The van der Waals surface area contributed by atoms with E-state index in [0.29, 0.717) is 12.2 Å². The number of carbonyl (C=O) groups excluding carboxylic acids is 1. The van der Waals surface area contributed by atoms with E-state index in [9.17, 15) is 4.79 Å². The second kappa shape index (κ2) is 5.47. The third-order valence-electron chi connectivity index (χ3n) is 4.54. The van der Waals surface area contributed by atoms with Gasteiger partial charge in [-0.25, -0.2) is 0 Å². The van der Waals surface area contributed by atoms with Crippen LogP contribution in [0.4, 0.5) is 0 Å². The molecule has 1 aromatic heterocycles. The minimum atomic E-state index is -0.286. The molecular formula is C13H21N5O2. The fourth-order valence-corrected chi connectivity index (χ4v) is 3.37. The quantitative estimate of drug-likeness (QED) is 0.881.